The smallest absolute Gasteiger partial charge is 0.257 e. The van der Waals surface area contributed by atoms with E-state index in [1.807, 2.05) is 22.9 Å². The van der Waals surface area contributed by atoms with Crippen LogP contribution in [0.1, 0.15) is 40.5 Å². The average Bonchev–Trinajstić information content (AvgIpc) is 3.12. The molecule has 7 heteroatoms. The molecule has 1 aliphatic rings. The summed E-state index contributed by atoms with van der Waals surface area (Å²) in [6.07, 6.45) is 2.41. The first-order valence-corrected chi connectivity index (χ1v) is 9.47. The van der Waals surface area contributed by atoms with Crippen molar-refractivity contribution in [3.63, 3.8) is 0 Å². The summed E-state index contributed by atoms with van der Waals surface area (Å²) >= 11 is 3.00. The number of carbonyl (C=O) groups is 1. The van der Waals surface area contributed by atoms with Crippen molar-refractivity contribution in [2.45, 2.75) is 25.4 Å². The van der Waals surface area contributed by atoms with Gasteiger partial charge in [0.25, 0.3) is 5.91 Å². The summed E-state index contributed by atoms with van der Waals surface area (Å²) in [5.41, 5.74) is 4.29. The number of amides is 1. The zero-order valence-corrected chi connectivity index (χ0v) is 14.4. The van der Waals surface area contributed by atoms with Gasteiger partial charge in [-0.15, -0.1) is 22.7 Å². The van der Waals surface area contributed by atoms with Crippen LogP contribution in [0.4, 0.5) is 5.13 Å². The lowest BCUT2D eigenvalue weighted by Crippen LogP contribution is -2.11. The molecule has 1 saturated carbocycles. The van der Waals surface area contributed by atoms with Crippen LogP contribution in [-0.2, 0) is 6.61 Å². The van der Waals surface area contributed by atoms with Crippen molar-refractivity contribution in [3.05, 3.63) is 57.5 Å². The highest BCUT2D eigenvalue weighted by Gasteiger charge is 2.26. The van der Waals surface area contributed by atoms with Gasteiger partial charge < -0.3 is 4.74 Å². The molecule has 0 atom stereocenters. The molecule has 0 bridgehead atoms. The number of hydrogen-bond donors (Lipinski definition) is 1. The van der Waals surface area contributed by atoms with Gasteiger partial charge in [-0.05, 0) is 31.0 Å². The van der Waals surface area contributed by atoms with Crippen LogP contribution in [0.3, 0.4) is 0 Å². The molecule has 0 radical (unpaired) electrons. The fourth-order valence-electron chi connectivity index (χ4n) is 2.27. The number of hydrogen-bond acceptors (Lipinski definition) is 6. The number of benzene rings is 1. The van der Waals surface area contributed by atoms with Gasteiger partial charge in [-0.25, -0.2) is 9.97 Å². The Morgan fingerprint density at radius 3 is 3.04 bits per heavy atom. The number of nitrogens with one attached hydrogen (secondary N) is 1. The van der Waals surface area contributed by atoms with Crippen LogP contribution in [0.5, 0.6) is 5.75 Å². The van der Waals surface area contributed by atoms with E-state index in [9.17, 15) is 4.79 Å². The highest BCUT2D eigenvalue weighted by molar-refractivity contribution is 7.14. The summed E-state index contributed by atoms with van der Waals surface area (Å²) in [6.45, 7) is 0.395. The maximum Gasteiger partial charge on any atom is 0.257 e. The topological polar surface area (TPSA) is 64.1 Å². The van der Waals surface area contributed by atoms with E-state index in [1.165, 1.54) is 35.5 Å². The number of aromatic nitrogens is 2. The Morgan fingerprint density at radius 2 is 2.25 bits per heavy atom. The minimum absolute atomic E-state index is 0.175. The molecular weight excluding hydrogens is 342 g/mol. The van der Waals surface area contributed by atoms with Crippen molar-refractivity contribution in [1.29, 1.82) is 0 Å². The Morgan fingerprint density at radius 1 is 1.33 bits per heavy atom. The second-order valence-electron chi connectivity index (χ2n) is 5.60. The van der Waals surface area contributed by atoms with Crippen LogP contribution in [0, 0.1) is 0 Å². The third kappa shape index (κ3) is 3.63. The molecule has 1 N–H and O–H groups in total. The van der Waals surface area contributed by atoms with E-state index in [4.69, 9.17) is 4.74 Å². The molecule has 1 aliphatic carbocycles. The number of thiazole rings is 2. The lowest BCUT2D eigenvalue weighted by atomic mass is 10.2. The minimum Gasteiger partial charge on any atom is -0.487 e. The quantitative estimate of drug-likeness (QED) is 0.714. The lowest BCUT2D eigenvalue weighted by Gasteiger charge is -2.06. The van der Waals surface area contributed by atoms with Crippen LogP contribution in [0.25, 0.3) is 0 Å². The Bertz CT molecular complexity index is 841. The molecule has 0 unspecified atom stereocenters. The monoisotopic (exact) mass is 357 g/mol. The number of anilines is 1. The highest BCUT2D eigenvalue weighted by Crippen LogP contribution is 2.40. The lowest BCUT2D eigenvalue weighted by molar-refractivity contribution is 0.102. The van der Waals surface area contributed by atoms with Crippen molar-refractivity contribution < 1.29 is 9.53 Å². The van der Waals surface area contributed by atoms with E-state index in [0.717, 1.165) is 11.4 Å². The Labute approximate surface area is 147 Å². The van der Waals surface area contributed by atoms with Crippen LogP contribution in [-0.4, -0.2) is 15.9 Å². The first-order valence-electron chi connectivity index (χ1n) is 7.64. The third-order valence-corrected chi connectivity index (χ3v) is 5.12. The van der Waals surface area contributed by atoms with E-state index in [1.54, 1.807) is 17.6 Å². The fraction of sp³-hybridized carbons (Fsp3) is 0.235. The fourth-order valence-corrected chi connectivity index (χ4v) is 3.60. The maximum atomic E-state index is 12.4. The van der Waals surface area contributed by atoms with Crippen LogP contribution >= 0.6 is 22.7 Å². The molecule has 4 rings (SSSR count). The SMILES string of the molecule is O=C(Nc1nc(C2CC2)cs1)c1cccc(OCc2cscn2)c1. The minimum atomic E-state index is -0.175. The van der Waals surface area contributed by atoms with Crippen LogP contribution < -0.4 is 10.1 Å². The van der Waals surface area contributed by atoms with E-state index in [-0.39, 0.29) is 5.91 Å². The second-order valence-corrected chi connectivity index (χ2v) is 7.18. The van der Waals surface area contributed by atoms with Gasteiger partial charge in [-0.3, -0.25) is 10.1 Å². The summed E-state index contributed by atoms with van der Waals surface area (Å²) in [5, 5.41) is 7.48. The highest BCUT2D eigenvalue weighted by atomic mass is 32.1. The van der Waals surface area contributed by atoms with Gasteiger partial charge in [-0.2, -0.15) is 0 Å². The molecule has 0 aliphatic heterocycles. The molecule has 1 amide bonds. The van der Waals surface area contributed by atoms with Crippen molar-refractivity contribution in [2.75, 3.05) is 5.32 Å². The van der Waals surface area contributed by atoms with Gasteiger partial charge in [0.05, 0.1) is 16.9 Å². The molecule has 122 valence electrons. The van der Waals surface area contributed by atoms with E-state index >= 15 is 0 Å². The van der Waals surface area contributed by atoms with E-state index in [2.05, 4.69) is 15.3 Å². The summed E-state index contributed by atoms with van der Waals surface area (Å²) < 4.78 is 5.69. The van der Waals surface area contributed by atoms with Gasteiger partial charge in [0.1, 0.15) is 12.4 Å². The second kappa shape index (κ2) is 6.70. The number of rotatable bonds is 6. The third-order valence-electron chi connectivity index (χ3n) is 3.70. The molecule has 5 nitrogen and oxygen atoms in total. The van der Waals surface area contributed by atoms with Crippen molar-refractivity contribution in [3.8, 4) is 5.75 Å². The van der Waals surface area contributed by atoms with Gasteiger partial charge in [0, 0.05) is 22.2 Å². The zero-order chi connectivity index (χ0) is 16.4. The molecule has 1 aromatic carbocycles. The van der Waals surface area contributed by atoms with Crippen LogP contribution in [0.2, 0.25) is 0 Å². The predicted molar refractivity (Wildman–Crippen MR) is 94.9 cm³/mol. The Balaban J connectivity index is 1.40. The average molecular weight is 357 g/mol. The van der Waals surface area contributed by atoms with Crippen molar-refractivity contribution in [2.24, 2.45) is 0 Å². The first kappa shape index (κ1) is 15.3. The maximum absolute atomic E-state index is 12.4. The first-order chi connectivity index (χ1) is 11.8. The Kier molecular flexibility index (Phi) is 4.27. The largest absolute Gasteiger partial charge is 0.487 e. The number of ether oxygens (including phenoxy) is 1. The summed E-state index contributed by atoms with van der Waals surface area (Å²) in [5.74, 6) is 1.06. The molecule has 2 heterocycles. The molecule has 1 fully saturated rings. The predicted octanol–water partition coefficient (Wildman–Crippen LogP) is 4.31. The standard InChI is InChI=1S/C17H15N3O2S2/c21-16(20-17-19-15(9-24-17)11-4-5-11)12-2-1-3-14(6-12)22-7-13-8-23-10-18-13/h1-3,6,8-11H,4-5,7H2,(H,19,20,21). The molecule has 0 saturated heterocycles. The summed E-state index contributed by atoms with van der Waals surface area (Å²) in [7, 11) is 0. The molecular formula is C17H15N3O2S2. The number of nitrogens with zero attached hydrogens (tertiary/aromatic N) is 2. The van der Waals surface area contributed by atoms with Gasteiger partial charge in [-0.1, -0.05) is 6.07 Å². The van der Waals surface area contributed by atoms with E-state index < -0.39 is 0 Å². The van der Waals surface area contributed by atoms with Crippen LogP contribution in [0.15, 0.2) is 40.5 Å². The van der Waals surface area contributed by atoms with Gasteiger partial charge in [0.2, 0.25) is 0 Å². The number of carbonyl (C=O) groups excluding carboxylic acids is 1. The summed E-state index contributed by atoms with van der Waals surface area (Å²) in [4.78, 5) is 21.0. The van der Waals surface area contributed by atoms with Gasteiger partial charge >= 0.3 is 0 Å². The normalized spacial score (nSPS) is 13.7. The summed E-state index contributed by atoms with van der Waals surface area (Å²) in [6, 6.07) is 7.14. The molecule has 0 spiro atoms. The molecule has 24 heavy (non-hydrogen) atoms. The Hall–Kier alpha value is -2.25. The van der Waals surface area contributed by atoms with Gasteiger partial charge in [0.15, 0.2) is 5.13 Å². The van der Waals surface area contributed by atoms with E-state index in [0.29, 0.717) is 29.0 Å². The van der Waals surface area contributed by atoms with Crippen molar-refractivity contribution >= 4 is 33.7 Å². The molecule has 2 aromatic heterocycles. The molecule has 3 aromatic rings. The zero-order valence-electron chi connectivity index (χ0n) is 12.8. The van der Waals surface area contributed by atoms with Crippen molar-refractivity contribution in [1.82, 2.24) is 9.97 Å².